The van der Waals surface area contributed by atoms with Crippen LogP contribution in [0, 0.1) is 0 Å². The highest BCUT2D eigenvalue weighted by Gasteiger charge is 1.68. The van der Waals surface area contributed by atoms with Gasteiger partial charge in [0.2, 0.25) is 0 Å². The molecule has 0 fully saturated rings. The summed E-state index contributed by atoms with van der Waals surface area (Å²) in [5.74, 6) is 0. The Bertz CT molecular complexity index is 12.4. The van der Waals surface area contributed by atoms with Crippen LogP contribution < -0.4 is 0 Å². The highest BCUT2D eigenvalue weighted by Crippen LogP contribution is 2.28. The van der Waals surface area contributed by atoms with E-state index in [0.717, 1.165) is 0 Å². The lowest BCUT2D eigenvalue weighted by Crippen LogP contribution is -1.30. The summed E-state index contributed by atoms with van der Waals surface area (Å²) in [4.78, 5) is 0. The molecule has 0 saturated carbocycles. The van der Waals surface area contributed by atoms with Crippen LogP contribution in [0.25, 0.3) is 0 Å². The summed E-state index contributed by atoms with van der Waals surface area (Å²) in [7, 11) is 5.36. The molecular weight excluding hydrogens is 122 g/mol. The third-order valence-electron chi connectivity index (χ3n) is 0.136. The van der Waals surface area contributed by atoms with Gasteiger partial charge >= 0.3 is 0 Å². The Morgan fingerprint density at radius 2 is 1.40 bits per heavy atom. The van der Waals surface area contributed by atoms with Crippen LogP contribution in [0.1, 0.15) is 0 Å². The van der Waals surface area contributed by atoms with E-state index in [1.54, 1.807) is 31.4 Å². The van der Waals surface area contributed by atoms with Crippen LogP contribution in [0.2, 0.25) is 0 Å². The van der Waals surface area contributed by atoms with Crippen LogP contribution >= 0.6 is 31.4 Å². The first-order chi connectivity index (χ1) is 2.41. The second-order valence-electron chi connectivity index (χ2n) is 0.401. The molecule has 5 heavy (non-hydrogen) atoms. The van der Waals surface area contributed by atoms with E-state index in [9.17, 15) is 0 Å². The van der Waals surface area contributed by atoms with Crippen LogP contribution in [0.3, 0.4) is 0 Å². The van der Waals surface area contributed by atoms with Crippen LogP contribution in [0.5, 0.6) is 0 Å². The van der Waals surface area contributed by atoms with Gasteiger partial charge in [0.25, 0.3) is 0 Å². The van der Waals surface area contributed by atoms with Gasteiger partial charge in [-0.05, 0) is 22.3 Å². The topological polar surface area (TPSA) is 0 Å². The highest BCUT2D eigenvalue weighted by atomic mass is 33.5. The largest absolute Gasteiger partial charge is 0.0860 e. The number of rotatable bonds is 2. The van der Waals surface area contributed by atoms with Crippen molar-refractivity contribution in [3.8, 4) is 0 Å². The number of hydrogen-bond acceptors (Lipinski definition) is 3. The first-order valence-electron chi connectivity index (χ1n) is 1.15. The standard InChI is InChI=1S/C2H6S3/c1-3-5-4-2/h1-2H3/i1+1,2+1. The maximum absolute atomic E-state index is 2.07. The molecule has 32 valence electrons. The summed E-state index contributed by atoms with van der Waals surface area (Å²) in [6, 6.07) is 0. The SMILES string of the molecule is [13CH3]SSS[13CH3]. The van der Waals surface area contributed by atoms with E-state index < -0.39 is 0 Å². The summed E-state index contributed by atoms with van der Waals surface area (Å²) in [6.45, 7) is 0. The summed E-state index contributed by atoms with van der Waals surface area (Å²) in [6.07, 6.45) is 4.14. The monoisotopic (exact) mass is 128 g/mol. The predicted octanol–water partition coefficient (Wildman–Crippen LogP) is 2.28. The predicted molar refractivity (Wildman–Crippen MR) is 34.6 cm³/mol. The van der Waals surface area contributed by atoms with Gasteiger partial charge < -0.3 is 0 Å². The highest BCUT2D eigenvalue weighted by molar-refractivity contribution is 9.09. The lowest BCUT2D eigenvalue weighted by Gasteiger charge is -1.78. The minimum absolute atomic E-state index is 1.78. The van der Waals surface area contributed by atoms with Crippen molar-refractivity contribution in [2.75, 3.05) is 12.5 Å². The molecule has 0 heterocycles. The molecule has 0 rings (SSSR count). The van der Waals surface area contributed by atoms with Crippen molar-refractivity contribution in [3.05, 3.63) is 0 Å². The fourth-order valence-electron chi connectivity index (χ4n) is 0.0680. The molecule has 3 heteroatoms. The van der Waals surface area contributed by atoms with Crippen molar-refractivity contribution in [2.24, 2.45) is 0 Å². The molecule has 0 radical (unpaired) electrons. The lowest BCUT2D eigenvalue weighted by atomic mass is 13.0. The second kappa shape index (κ2) is 5.05. The van der Waals surface area contributed by atoms with E-state index in [4.69, 9.17) is 0 Å². The van der Waals surface area contributed by atoms with Crippen molar-refractivity contribution in [1.82, 2.24) is 0 Å². The van der Waals surface area contributed by atoms with Gasteiger partial charge in [0.05, 0.1) is 0 Å². The Balaban J connectivity index is 2.19. The Kier molecular flexibility index (Phi) is 6.11. The third-order valence-corrected chi connectivity index (χ3v) is 3.67. The van der Waals surface area contributed by atoms with Crippen LogP contribution in [-0.4, -0.2) is 12.5 Å². The van der Waals surface area contributed by atoms with Gasteiger partial charge in [-0.1, -0.05) is 21.6 Å². The molecule has 0 bridgehead atoms. The first kappa shape index (κ1) is 6.05. The van der Waals surface area contributed by atoms with Crippen molar-refractivity contribution in [2.45, 2.75) is 0 Å². The molecule has 0 nitrogen and oxygen atoms in total. The minimum atomic E-state index is 1.78. The van der Waals surface area contributed by atoms with Crippen molar-refractivity contribution < 1.29 is 0 Å². The first-order valence-corrected chi connectivity index (χ1v) is 5.45. The molecule has 0 aromatic heterocycles. The molecule has 0 aliphatic heterocycles. The van der Waals surface area contributed by atoms with E-state index in [1.807, 2.05) is 0 Å². The molecule has 0 atom stereocenters. The van der Waals surface area contributed by atoms with Gasteiger partial charge in [-0.3, -0.25) is 0 Å². The summed E-state index contributed by atoms with van der Waals surface area (Å²) in [5, 5.41) is 0. The normalized spacial score (nSPS) is 8.40. The molecule has 0 aliphatic rings. The van der Waals surface area contributed by atoms with Crippen molar-refractivity contribution >= 4 is 31.4 Å². The number of hydrogen-bond donors (Lipinski definition) is 0. The van der Waals surface area contributed by atoms with E-state index in [-0.39, 0.29) is 0 Å². The van der Waals surface area contributed by atoms with Crippen LogP contribution in [0.4, 0.5) is 0 Å². The lowest BCUT2D eigenvalue weighted by molar-refractivity contribution is 2.54. The second-order valence-corrected chi connectivity index (χ2v) is 4.84. The van der Waals surface area contributed by atoms with E-state index in [1.165, 1.54) is 0 Å². The average molecular weight is 128 g/mol. The average Bonchev–Trinajstić information content (AvgIpc) is 1.41. The Morgan fingerprint density at radius 1 is 1.00 bits per heavy atom. The maximum Gasteiger partial charge on any atom is -0.00709 e. The van der Waals surface area contributed by atoms with Crippen LogP contribution in [-0.2, 0) is 0 Å². The minimum Gasteiger partial charge on any atom is -0.0860 e. The molecule has 0 N–H and O–H groups in total. The fourth-order valence-corrected chi connectivity index (χ4v) is 1.84. The van der Waals surface area contributed by atoms with Gasteiger partial charge in [0.15, 0.2) is 0 Å². The summed E-state index contributed by atoms with van der Waals surface area (Å²) >= 11 is 0. The molecule has 0 aliphatic carbocycles. The smallest absolute Gasteiger partial charge is 0.00709 e. The Hall–Kier alpha value is 1.05. The van der Waals surface area contributed by atoms with E-state index in [0.29, 0.717) is 0 Å². The van der Waals surface area contributed by atoms with Crippen molar-refractivity contribution in [3.63, 3.8) is 0 Å². The zero-order valence-electron chi connectivity index (χ0n) is 3.22. The molecule has 0 spiro atoms. The van der Waals surface area contributed by atoms with Gasteiger partial charge in [-0.15, -0.1) is 0 Å². The van der Waals surface area contributed by atoms with Crippen LogP contribution in [0.15, 0.2) is 0 Å². The zero-order valence-corrected chi connectivity index (χ0v) is 5.67. The summed E-state index contributed by atoms with van der Waals surface area (Å²) in [5.41, 5.74) is 0. The maximum atomic E-state index is 2.07. The molecule has 0 aromatic rings. The Morgan fingerprint density at radius 3 is 1.40 bits per heavy atom. The fraction of sp³-hybridized carbons (Fsp3) is 1.00. The van der Waals surface area contributed by atoms with Gasteiger partial charge in [0, 0.05) is 0 Å². The summed E-state index contributed by atoms with van der Waals surface area (Å²) < 4.78 is 0. The van der Waals surface area contributed by atoms with Gasteiger partial charge in [0.1, 0.15) is 0 Å². The zero-order chi connectivity index (χ0) is 4.12. The molecule has 0 saturated heterocycles. The van der Waals surface area contributed by atoms with E-state index in [2.05, 4.69) is 12.5 Å². The third kappa shape index (κ3) is 5.05. The molecular formula is C2H6S3. The van der Waals surface area contributed by atoms with Gasteiger partial charge in [-0.25, -0.2) is 0 Å². The molecule has 0 amide bonds. The quantitative estimate of drug-likeness (QED) is 0.413. The van der Waals surface area contributed by atoms with E-state index >= 15 is 0 Å². The van der Waals surface area contributed by atoms with Crippen molar-refractivity contribution in [1.29, 1.82) is 0 Å². The van der Waals surface area contributed by atoms with Gasteiger partial charge in [-0.2, -0.15) is 0 Å². The molecule has 0 aromatic carbocycles. The Labute approximate surface area is 44.3 Å². The molecule has 0 unspecified atom stereocenters.